The lowest BCUT2D eigenvalue weighted by Crippen LogP contribution is -2.29. The lowest BCUT2D eigenvalue weighted by Gasteiger charge is -2.25. The van der Waals surface area contributed by atoms with Crippen molar-refractivity contribution >= 4 is 44.6 Å². The van der Waals surface area contributed by atoms with E-state index in [1.165, 1.54) is 18.2 Å². The minimum atomic E-state index is -3.70. The average Bonchev–Trinajstić information content (AvgIpc) is 2.19. The van der Waals surface area contributed by atoms with E-state index in [1.54, 1.807) is 20.8 Å². The largest absolute Gasteiger partial charge is 0.222 e. The molecule has 1 unspecified atom stereocenters. The van der Waals surface area contributed by atoms with Gasteiger partial charge in [0.25, 0.3) is 0 Å². The Hall–Kier alpha value is 0.0400. The van der Waals surface area contributed by atoms with Gasteiger partial charge in [0.1, 0.15) is 4.71 Å². The number of benzene rings is 1. The Bertz CT molecular complexity index is 518. The summed E-state index contributed by atoms with van der Waals surface area (Å²) in [5.74, 6) is 0. The van der Waals surface area contributed by atoms with E-state index in [0.717, 1.165) is 0 Å². The van der Waals surface area contributed by atoms with Crippen LogP contribution in [0.5, 0.6) is 0 Å². The van der Waals surface area contributed by atoms with E-state index >= 15 is 0 Å². The summed E-state index contributed by atoms with van der Waals surface area (Å²) in [5.41, 5.74) is -0.591. The Morgan fingerprint density at radius 3 is 2.18 bits per heavy atom. The number of alkyl halides is 1. The summed E-state index contributed by atoms with van der Waals surface area (Å²) in [5, 5.41) is 0.440. The zero-order chi connectivity index (χ0) is 13.4. The summed E-state index contributed by atoms with van der Waals surface area (Å²) in [4.78, 5) is -0.0263. The minimum Gasteiger partial charge on any atom is -0.222 e. The van der Waals surface area contributed by atoms with Gasteiger partial charge in [0.15, 0.2) is 9.84 Å². The van der Waals surface area contributed by atoms with E-state index in [1.807, 2.05) is 0 Å². The number of hydrogen-bond acceptors (Lipinski definition) is 2. The molecule has 96 valence electrons. The molecule has 0 N–H and O–H groups in total. The van der Waals surface area contributed by atoms with Crippen LogP contribution in [-0.2, 0) is 9.84 Å². The molecule has 0 spiro atoms. The molecule has 0 radical (unpaired) electrons. The maximum absolute atomic E-state index is 12.3. The highest BCUT2D eigenvalue weighted by atomic mass is 35.5. The molecule has 1 aromatic carbocycles. The predicted octanol–water partition coefficient (Wildman–Crippen LogP) is 4.38. The van der Waals surface area contributed by atoms with Crippen LogP contribution in [-0.4, -0.2) is 13.1 Å². The third-order valence-electron chi connectivity index (χ3n) is 2.15. The normalized spacial score (nSPS) is 14.7. The van der Waals surface area contributed by atoms with Crippen molar-refractivity contribution in [2.45, 2.75) is 30.4 Å². The molecule has 1 aromatic rings. The Morgan fingerprint density at radius 2 is 1.71 bits per heavy atom. The van der Waals surface area contributed by atoms with Gasteiger partial charge in [0.2, 0.25) is 0 Å². The van der Waals surface area contributed by atoms with Gasteiger partial charge in [-0.25, -0.2) is 8.42 Å². The topological polar surface area (TPSA) is 34.1 Å². The zero-order valence-corrected chi connectivity index (χ0v) is 12.8. The molecule has 6 heteroatoms. The molecule has 17 heavy (non-hydrogen) atoms. The van der Waals surface area contributed by atoms with Crippen LogP contribution in [0.1, 0.15) is 20.8 Å². The molecule has 0 fully saturated rings. The van der Waals surface area contributed by atoms with Gasteiger partial charge < -0.3 is 0 Å². The molecule has 0 amide bonds. The number of halogens is 3. The van der Waals surface area contributed by atoms with E-state index in [2.05, 4.69) is 0 Å². The van der Waals surface area contributed by atoms with Gasteiger partial charge in [-0.15, -0.1) is 11.6 Å². The van der Waals surface area contributed by atoms with Crippen molar-refractivity contribution in [1.29, 1.82) is 0 Å². The summed E-state index contributed by atoms with van der Waals surface area (Å²) in [6, 6.07) is 4.30. The van der Waals surface area contributed by atoms with E-state index in [4.69, 9.17) is 34.8 Å². The van der Waals surface area contributed by atoms with Gasteiger partial charge in [0, 0.05) is 5.02 Å². The van der Waals surface area contributed by atoms with E-state index in [-0.39, 0.29) is 9.92 Å². The van der Waals surface area contributed by atoms with Crippen molar-refractivity contribution in [2.24, 2.45) is 5.41 Å². The Balaban J connectivity index is 3.37. The van der Waals surface area contributed by atoms with Gasteiger partial charge in [-0.1, -0.05) is 44.0 Å². The second kappa shape index (κ2) is 4.96. The third-order valence-corrected chi connectivity index (χ3v) is 6.39. The fourth-order valence-electron chi connectivity index (χ4n) is 1.27. The molecule has 0 aliphatic carbocycles. The van der Waals surface area contributed by atoms with E-state index in [9.17, 15) is 8.42 Å². The summed E-state index contributed by atoms with van der Waals surface area (Å²) in [6.45, 7) is 5.25. The maximum atomic E-state index is 12.3. The van der Waals surface area contributed by atoms with Gasteiger partial charge in [0.05, 0.1) is 9.92 Å². The summed E-state index contributed by atoms with van der Waals surface area (Å²) in [7, 11) is -3.70. The summed E-state index contributed by atoms with van der Waals surface area (Å²) < 4.78 is 23.5. The van der Waals surface area contributed by atoms with Gasteiger partial charge >= 0.3 is 0 Å². The molecule has 1 rings (SSSR count). The first-order valence-corrected chi connectivity index (χ1v) is 7.63. The minimum absolute atomic E-state index is 0.0263. The molecular weight excluding hydrogens is 303 g/mol. The van der Waals surface area contributed by atoms with Crippen LogP contribution in [0, 0.1) is 5.41 Å². The molecular formula is C11H13Cl3O2S. The third kappa shape index (κ3) is 3.28. The zero-order valence-electron chi connectivity index (χ0n) is 9.67. The highest BCUT2D eigenvalue weighted by Crippen LogP contribution is 2.36. The van der Waals surface area contributed by atoms with Gasteiger partial charge in [-0.05, 0) is 23.6 Å². The predicted molar refractivity (Wildman–Crippen MR) is 72.7 cm³/mol. The monoisotopic (exact) mass is 314 g/mol. The number of rotatable bonds is 2. The van der Waals surface area contributed by atoms with Crippen molar-refractivity contribution in [2.75, 3.05) is 0 Å². The SMILES string of the molecule is CC(C)(C)C(Cl)S(=O)(=O)c1cc(Cl)ccc1Cl. The fraction of sp³-hybridized carbons (Fsp3) is 0.455. The van der Waals surface area contributed by atoms with Crippen molar-refractivity contribution in [3.05, 3.63) is 28.2 Å². The van der Waals surface area contributed by atoms with Crippen LogP contribution < -0.4 is 0 Å². The first kappa shape index (κ1) is 15.1. The van der Waals surface area contributed by atoms with Crippen LogP contribution in [0.3, 0.4) is 0 Å². The molecule has 2 nitrogen and oxygen atoms in total. The average molecular weight is 316 g/mol. The van der Waals surface area contributed by atoms with Crippen LogP contribution >= 0.6 is 34.8 Å². The second-order valence-electron chi connectivity index (χ2n) is 4.80. The molecule has 0 saturated carbocycles. The number of sulfone groups is 1. The van der Waals surface area contributed by atoms with Crippen LogP contribution in [0.4, 0.5) is 0 Å². The van der Waals surface area contributed by atoms with Crippen LogP contribution in [0.25, 0.3) is 0 Å². The molecule has 0 aliphatic heterocycles. The molecule has 0 aromatic heterocycles. The Morgan fingerprint density at radius 1 is 1.18 bits per heavy atom. The lowest BCUT2D eigenvalue weighted by molar-refractivity contribution is 0.436. The van der Waals surface area contributed by atoms with Crippen molar-refractivity contribution in [3.63, 3.8) is 0 Å². The first-order chi connectivity index (χ1) is 7.56. The fourth-order valence-corrected chi connectivity index (χ4v) is 4.02. The van der Waals surface area contributed by atoms with Crippen molar-refractivity contribution in [1.82, 2.24) is 0 Å². The Labute approximate surface area is 117 Å². The van der Waals surface area contributed by atoms with Crippen LogP contribution in [0.15, 0.2) is 23.1 Å². The Kier molecular flexibility index (Phi) is 4.41. The first-order valence-electron chi connectivity index (χ1n) is 4.90. The maximum Gasteiger partial charge on any atom is 0.197 e. The molecule has 1 atom stereocenters. The van der Waals surface area contributed by atoms with E-state index in [0.29, 0.717) is 5.02 Å². The van der Waals surface area contributed by atoms with Gasteiger partial charge in [-0.3, -0.25) is 0 Å². The molecule has 0 heterocycles. The quantitative estimate of drug-likeness (QED) is 0.759. The molecule has 0 aliphatic rings. The van der Waals surface area contributed by atoms with Crippen LogP contribution in [0.2, 0.25) is 10.0 Å². The summed E-state index contributed by atoms with van der Waals surface area (Å²) >= 11 is 17.7. The standard InChI is InChI=1S/C11H13Cl3O2S/c1-11(2,3)10(14)17(15,16)9-6-7(12)4-5-8(9)13/h4-6,10H,1-3H3. The summed E-state index contributed by atoms with van der Waals surface area (Å²) in [6.07, 6.45) is 0. The highest BCUT2D eigenvalue weighted by molar-refractivity contribution is 7.93. The van der Waals surface area contributed by atoms with Crippen molar-refractivity contribution in [3.8, 4) is 0 Å². The lowest BCUT2D eigenvalue weighted by atomic mass is 10.0. The van der Waals surface area contributed by atoms with E-state index < -0.39 is 20.0 Å². The second-order valence-corrected chi connectivity index (χ2v) is 8.34. The van der Waals surface area contributed by atoms with Crippen molar-refractivity contribution < 1.29 is 8.42 Å². The number of hydrogen-bond donors (Lipinski definition) is 0. The highest BCUT2D eigenvalue weighted by Gasteiger charge is 2.36. The smallest absolute Gasteiger partial charge is 0.197 e. The van der Waals surface area contributed by atoms with Gasteiger partial charge in [-0.2, -0.15) is 0 Å². The molecule has 0 bridgehead atoms. The molecule has 0 saturated heterocycles.